The molecule has 2 aromatic rings. The molecular weight excluding hydrogens is 400 g/mol. The van der Waals surface area contributed by atoms with Crippen molar-refractivity contribution in [2.75, 3.05) is 45.4 Å². The highest BCUT2D eigenvalue weighted by Gasteiger charge is 2.27. The predicted octanol–water partition coefficient (Wildman–Crippen LogP) is 3.34. The van der Waals surface area contributed by atoms with Gasteiger partial charge in [0.2, 0.25) is 5.75 Å². The zero-order chi connectivity index (χ0) is 21.8. The van der Waals surface area contributed by atoms with Gasteiger partial charge in [-0.1, -0.05) is 6.07 Å². The maximum absolute atomic E-state index is 12.9. The number of hydrogen-bond donors (Lipinski definition) is 0. The lowest BCUT2D eigenvalue weighted by atomic mass is 10.1. The fraction of sp³-hybridized carbons (Fsp3) is 0.391. The molecule has 2 aromatic carbocycles. The number of nitrogens with zero attached hydrogens (tertiary/aromatic N) is 2. The van der Waals surface area contributed by atoms with E-state index in [1.807, 2.05) is 23.1 Å². The third-order valence-corrected chi connectivity index (χ3v) is 5.58. The van der Waals surface area contributed by atoms with Crippen LogP contribution >= 0.6 is 0 Å². The molecule has 8 nitrogen and oxygen atoms in total. The number of benzene rings is 2. The predicted molar refractivity (Wildman–Crippen MR) is 114 cm³/mol. The maximum atomic E-state index is 12.9. The van der Waals surface area contributed by atoms with Crippen LogP contribution in [0.4, 0.5) is 10.5 Å². The van der Waals surface area contributed by atoms with Gasteiger partial charge in [-0.2, -0.15) is 0 Å². The minimum absolute atomic E-state index is 0.0242. The van der Waals surface area contributed by atoms with Crippen molar-refractivity contribution in [1.29, 1.82) is 0 Å². The molecule has 0 aromatic heterocycles. The minimum Gasteiger partial charge on any atom is -0.493 e. The first-order valence-electron chi connectivity index (χ1n) is 10.3. The Labute approximate surface area is 181 Å². The van der Waals surface area contributed by atoms with Crippen molar-refractivity contribution in [2.24, 2.45) is 0 Å². The van der Waals surface area contributed by atoms with E-state index in [0.29, 0.717) is 61.9 Å². The van der Waals surface area contributed by atoms with Gasteiger partial charge in [0.25, 0.3) is 5.91 Å². The summed E-state index contributed by atoms with van der Waals surface area (Å²) in [6.45, 7) is 2.11. The molecule has 0 bridgehead atoms. The van der Waals surface area contributed by atoms with Crippen molar-refractivity contribution in [1.82, 2.24) is 4.90 Å². The maximum Gasteiger partial charge on any atom is 0.414 e. The number of ether oxygens (including phenoxy) is 4. The summed E-state index contributed by atoms with van der Waals surface area (Å²) < 4.78 is 21.9. The van der Waals surface area contributed by atoms with Crippen molar-refractivity contribution in [3.63, 3.8) is 0 Å². The molecule has 0 spiro atoms. The topological polar surface area (TPSA) is 77.5 Å². The average molecular weight is 426 g/mol. The summed E-state index contributed by atoms with van der Waals surface area (Å²) in [5.74, 6) is 1.82. The number of likely N-dealkylation sites (tertiary alicyclic amines) is 1. The molecule has 2 saturated heterocycles. The van der Waals surface area contributed by atoms with Gasteiger partial charge in [0.05, 0.1) is 20.8 Å². The summed E-state index contributed by atoms with van der Waals surface area (Å²) in [4.78, 5) is 28.0. The van der Waals surface area contributed by atoms with Gasteiger partial charge in [0.1, 0.15) is 12.7 Å². The fourth-order valence-electron chi connectivity index (χ4n) is 3.87. The molecule has 164 valence electrons. The van der Waals surface area contributed by atoms with E-state index in [9.17, 15) is 9.59 Å². The zero-order valence-electron chi connectivity index (χ0n) is 17.7. The van der Waals surface area contributed by atoms with E-state index in [2.05, 4.69) is 0 Å². The molecule has 4 rings (SSSR count). The lowest BCUT2D eigenvalue weighted by Crippen LogP contribution is -2.41. The standard InChI is InChI=1S/C23H26N2O6/c1-28-19-4-3-5-20(29-2)21(19)31-18-10-12-24(13-11-18)22(26)16-6-8-17(9-7-16)25-14-15-30-23(25)27/h3-9,18H,10-15H2,1-2H3. The second kappa shape index (κ2) is 9.16. The largest absolute Gasteiger partial charge is 0.493 e. The van der Waals surface area contributed by atoms with Crippen molar-refractivity contribution in [3.05, 3.63) is 48.0 Å². The molecule has 0 saturated carbocycles. The van der Waals surface area contributed by atoms with Crippen LogP contribution in [0.1, 0.15) is 23.2 Å². The molecule has 2 aliphatic rings. The lowest BCUT2D eigenvalue weighted by molar-refractivity contribution is 0.0585. The smallest absolute Gasteiger partial charge is 0.414 e. The first-order chi connectivity index (χ1) is 15.1. The Morgan fingerprint density at radius 2 is 1.61 bits per heavy atom. The summed E-state index contributed by atoms with van der Waals surface area (Å²) in [6, 6.07) is 12.6. The Morgan fingerprint density at radius 3 is 2.16 bits per heavy atom. The number of para-hydroxylation sites is 1. The Kier molecular flexibility index (Phi) is 6.16. The zero-order valence-corrected chi connectivity index (χ0v) is 17.7. The molecule has 2 heterocycles. The molecule has 0 radical (unpaired) electrons. The summed E-state index contributed by atoms with van der Waals surface area (Å²) in [5, 5.41) is 0. The van der Waals surface area contributed by atoms with Crippen LogP contribution in [0.5, 0.6) is 17.2 Å². The number of carbonyl (C=O) groups is 2. The number of piperidine rings is 1. The number of cyclic esters (lactones) is 1. The van der Waals surface area contributed by atoms with Gasteiger partial charge in [-0.15, -0.1) is 0 Å². The van der Waals surface area contributed by atoms with Crippen LogP contribution in [-0.4, -0.2) is 63.5 Å². The normalized spacial score (nSPS) is 16.8. The van der Waals surface area contributed by atoms with Crippen LogP contribution < -0.4 is 19.1 Å². The molecule has 2 aliphatic heterocycles. The summed E-state index contributed by atoms with van der Waals surface area (Å²) >= 11 is 0. The van der Waals surface area contributed by atoms with E-state index in [-0.39, 0.29) is 18.1 Å². The molecule has 0 unspecified atom stereocenters. The highest BCUT2D eigenvalue weighted by atomic mass is 16.6. The third-order valence-electron chi connectivity index (χ3n) is 5.58. The van der Waals surface area contributed by atoms with Gasteiger partial charge in [-0.05, 0) is 36.4 Å². The third kappa shape index (κ3) is 4.38. The van der Waals surface area contributed by atoms with Gasteiger partial charge < -0.3 is 23.8 Å². The van der Waals surface area contributed by atoms with E-state index in [4.69, 9.17) is 18.9 Å². The summed E-state index contributed by atoms with van der Waals surface area (Å²) in [7, 11) is 3.20. The van der Waals surface area contributed by atoms with Gasteiger partial charge in [0, 0.05) is 37.2 Å². The average Bonchev–Trinajstić information content (AvgIpc) is 3.25. The molecular formula is C23H26N2O6. The Bertz CT molecular complexity index is 915. The Morgan fingerprint density at radius 1 is 0.968 bits per heavy atom. The number of amides is 2. The van der Waals surface area contributed by atoms with Crippen LogP contribution in [0, 0.1) is 0 Å². The number of carbonyl (C=O) groups excluding carboxylic acids is 2. The molecule has 2 fully saturated rings. The van der Waals surface area contributed by atoms with E-state index < -0.39 is 0 Å². The second-order valence-corrected chi connectivity index (χ2v) is 7.41. The minimum atomic E-state index is -0.354. The Hall–Kier alpha value is -3.42. The molecule has 31 heavy (non-hydrogen) atoms. The van der Waals surface area contributed by atoms with E-state index >= 15 is 0 Å². The van der Waals surface area contributed by atoms with Crippen LogP contribution in [0.25, 0.3) is 0 Å². The molecule has 8 heteroatoms. The van der Waals surface area contributed by atoms with E-state index in [1.165, 1.54) is 0 Å². The van der Waals surface area contributed by atoms with E-state index in [1.54, 1.807) is 43.4 Å². The summed E-state index contributed by atoms with van der Waals surface area (Å²) in [5.41, 5.74) is 1.33. The monoisotopic (exact) mass is 426 g/mol. The molecule has 2 amide bonds. The van der Waals surface area contributed by atoms with Crippen molar-refractivity contribution >= 4 is 17.7 Å². The van der Waals surface area contributed by atoms with Crippen LogP contribution in [-0.2, 0) is 4.74 Å². The first-order valence-corrected chi connectivity index (χ1v) is 10.3. The van der Waals surface area contributed by atoms with Gasteiger partial charge in [-0.3, -0.25) is 9.69 Å². The molecule has 0 N–H and O–H groups in total. The quantitative estimate of drug-likeness (QED) is 0.705. The summed E-state index contributed by atoms with van der Waals surface area (Å²) in [6.07, 6.45) is 1.04. The molecule has 0 atom stereocenters. The van der Waals surface area contributed by atoms with Crippen LogP contribution in [0.3, 0.4) is 0 Å². The first kappa shape index (κ1) is 20.8. The highest BCUT2D eigenvalue weighted by molar-refractivity contribution is 5.95. The highest BCUT2D eigenvalue weighted by Crippen LogP contribution is 2.38. The van der Waals surface area contributed by atoms with Gasteiger partial charge >= 0.3 is 6.09 Å². The number of methoxy groups -OCH3 is 2. The van der Waals surface area contributed by atoms with Crippen LogP contribution in [0.2, 0.25) is 0 Å². The number of anilines is 1. The van der Waals surface area contributed by atoms with Crippen molar-refractivity contribution in [3.8, 4) is 17.2 Å². The van der Waals surface area contributed by atoms with Crippen molar-refractivity contribution < 1.29 is 28.5 Å². The number of rotatable bonds is 6. The SMILES string of the molecule is COc1cccc(OC)c1OC1CCN(C(=O)c2ccc(N3CCOC3=O)cc2)CC1. The molecule has 0 aliphatic carbocycles. The Balaban J connectivity index is 1.36. The van der Waals surface area contributed by atoms with Crippen LogP contribution in [0.15, 0.2) is 42.5 Å². The van der Waals surface area contributed by atoms with Crippen molar-refractivity contribution in [2.45, 2.75) is 18.9 Å². The van der Waals surface area contributed by atoms with E-state index in [0.717, 1.165) is 5.69 Å². The fourth-order valence-corrected chi connectivity index (χ4v) is 3.87. The lowest BCUT2D eigenvalue weighted by Gasteiger charge is -2.32. The van der Waals surface area contributed by atoms with Gasteiger partial charge in [0.15, 0.2) is 11.5 Å². The van der Waals surface area contributed by atoms with Gasteiger partial charge in [-0.25, -0.2) is 4.79 Å². The number of hydrogen-bond acceptors (Lipinski definition) is 6. The second-order valence-electron chi connectivity index (χ2n) is 7.41.